The van der Waals surface area contributed by atoms with Gasteiger partial charge < -0.3 is 9.84 Å². The molecule has 6 atom stereocenters. The van der Waals surface area contributed by atoms with E-state index >= 15 is 0 Å². The van der Waals surface area contributed by atoms with Gasteiger partial charge in [0.2, 0.25) is 0 Å². The van der Waals surface area contributed by atoms with Gasteiger partial charge in [0.1, 0.15) is 6.10 Å². The molecule has 0 amide bonds. The molecule has 0 spiro atoms. The number of carbonyl (C=O) groups excluding carboxylic acids is 1. The lowest BCUT2D eigenvalue weighted by Crippen LogP contribution is -2.30. The zero-order valence-corrected chi connectivity index (χ0v) is 9.76. The lowest BCUT2D eigenvalue weighted by molar-refractivity contribution is -0.146. The van der Waals surface area contributed by atoms with E-state index in [9.17, 15) is 9.90 Å². The van der Waals surface area contributed by atoms with Crippen LogP contribution in [0.2, 0.25) is 0 Å². The SMILES string of the molecule is CCC1CC(C2CC3CC2CC3O)OC1=O. The highest BCUT2D eigenvalue weighted by molar-refractivity contribution is 5.74. The van der Waals surface area contributed by atoms with Crippen molar-refractivity contribution in [1.82, 2.24) is 0 Å². The highest BCUT2D eigenvalue weighted by Crippen LogP contribution is 2.52. The van der Waals surface area contributed by atoms with Crippen LogP contribution in [0.4, 0.5) is 0 Å². The molecule has 3 nitrogen and oxygen atoms in total. The summed E-state index contributed by atoms with van der Waals surface area (Å²) in [6, 6.07) is 0. The minimum Gasteiger partial charge on any atom is -0.462 e. The van der Waals surface area contributed by atoms with Crippen LogP contribution in [0.5, 0.6) is 0 Å². The van der Waals surface area contributed by atoms with Crippen LogP contribution in [0.25, 0.3) is 0 Å². The first-order valence-electron chi connectivity index (χ1n) is 6.57. The minimum absolute atomic E-state index is 0.0100. The maximum absolute atomic E-state index is 11.6. The molecular weight excluding hydrogens is 204 g/mol. The summed E-state index contributed by atoms with van der Waals surface area (Å²) in [5.41, 5.74) is 0. The van der Waals surface area contributed by atoms with Gasteiger partial charge in [0.15, 0.2) is 0 Å². The summed E-state index contributed by atoms with van der Waals surface area (Å²) in [6.45, 7) is 2.05. The van der Waals surface area contributed by atoms with Gasteiger partial charge in [-0.3, -0.25) is 4.79 Å². The van der Waals surface area contributed by atoms with Gasteiger partial charge in [-0.1, -0.05) is 6.92 Å². The Kier molecular flexibility index (Phi) is 2.46. The fraction of sp³-hybridized carbons (Fsp3) is 0.923. The molecule has 2 saturated carbocycles. The number of rotatable bonds is 2. The Balaban J connectivity index is 1.66. The van der Waals surface area contributed by atoms with Gasteiger partial charge in [-0.25, -0.2) is 0 Å². The number of esters is 1. The monoisotopic (exact) mass is 224 g/mol. The molecule has 1 saturated heterocycles. The van der Waals surface area contributed by atoms with Crippen LogP contribution in [0.1, 0.15) is 39.0 Å². The summed E-state index contributed by atoms with van der Waals surface area (Å²) in [5.74, 6) is 1.77. The first-order valence-corrected chi connectivity index (χ1v) is 6.57. The average molecular weight is 224 g/mol. The van der Waals surface area contributed by atoms with Crippen molar-refractivity contribution in [2.75, 3.05) is 0 Å². The molecule has 1 aliphatic heterocycles. The molecule has 1 heterocycles. The van der Waals surface area contributed by atoms with Gasteiger partial charge in [0.05, 0.1) is 12.0 Å². The Morgan fingerprint density at radius 1 is 1.25 bits per heavy atom. The lowest BCUT2D eigenvalue weighted by Gasteiger charge is -2.28. The molecular formula is C13H20O3. The fourth-order valence-electron chi connectivity index (χ4n) is 4.01. The summed E-state index contributed by atoms with van der Waals surface area (Å²) in [4.78, 5) is 11.6. The van der Waals surface area contributed by atoms with Crippen LogP contribution in [0.15, 0.2) is 0 Å². The molecule has 3 aliphatic rings. The average Bonchev–Trinajstić information content (AvgIpc) is 2.90. The number of cyclic esters (lactones) is 1. The summed E-state index contributed by atoms with van der Waals surface area (Å²) >= 11 is 0. The second-order valence-corrected chi connectivity index (χ2v) is 5.77. The Hall–Kier alpha value is -0.570. The zero-order chi connectivity index (χ0) is 11.3. The van der Waals surface area contributed by atoms with E-state index < -0.39 is 0 Å². The molecule has 16 heavy (non-hydrogen) atoms. The maximum Gasteiger partial charge on any atom is 0.309 e. The van der Waals surface area contributed by atoms with Crippen molar-refractivity contribution in [2.24, 2.45) is 23.7 Å². The van der Waals surface area contributed by atoms with Crippen LogP contribution in [-0.2, 0) is 9.53 Å². The van der Waals surface area contributed by atoms with Gasteiger partial charge in [-0.15, -0.1) is 0 Å². The molecule has 0 radical (unpaired) electrons. The van der Waals surface area contributed by atoms with Gasteiger partial charge in [-0.05, 0) is 49.9 Å². The molecule has 0 aromatic heterocycles. The van der Waals surface area contributed by atoms with E-state index in [1.807, 2.05) is 0 Å². The van der Waals surface area contributed by atoms with E-state index in [4.69, 9.17) is 4.74 Å². The molecule has 3 heteroatoms. The second-order valence-electron chi connectivity index (χ2n) is 5.77. The molecule has 3 rings (SSSR count). The number of hydrogen-bond acceptors (Lipinski definition) is 3. The van der Waals surface area contributed by atoms with E-state index in [0.717, 1.165) is 32.1 Å². The molecule has 3 fully saturated rings. The Morgan fingerprint density at radius 3 is 2.56 bits per heavy atom. The molecule has 2 aliphatic carbocycles. The van der Waals surface area contributed by atoms with Crippen molar-refractivity contribution in [3.8, 4) is 0 Å². The van der Waals surface area contributed by atoms with Crippen molar-refractivity contribution in [3.05, 3.63) is 0 Å². The number of hydrogen-bond donors (Lipinski definition) is 1. The quantitative estimate of drug-likeness (QED) is 0.727. The van der Waals surface area contributed by atoms with Crippen LogP contribution in [-0.4, -0.2) is 23.3 Å². The molecule has 1 N–H and O–H groups in total. The van der Waals surface area contributed by atoms with Crippen molar-refractivity contribution >= 4 is 5.97 Å². The highest BCUT2D eigenvalue weighted by Gasteiger charge is 2.51. The van der Waals surface area contributed by atoms with E-state index in [-0.39, 0.29) is 24.1 Å². The van der Waals surface area contributed by atoms with E-state index in [0.29, 0.717) is 17.8 Å². The smallest absolute Gasteiger partial charge is 0.309 e. The largest absolute Gasteiger partial charge is 0.462 e. The van der Waals surface area contributed by atoms with E-state index in [2.05, 4.69) is 6.92 Å². The number of ether oxygens (including phenoxy) is 1. The summed E-state index contributed by atoms with van der Waals surface area (Å²) in [6.07, 6.45) is 5.04. The molecule has 6 unspecified atom stereocenters. The topological polar surface area (TPSA) is 46.5 Å². The van der Waals surface area contributed by atoms with Gasteiger partial charge in [-0.2, -0.15) is 0 Å². The number of carbonyl (C=O) groups is 1. The van der Waals surface area contributed by atoms with Crippen molar-refractivity contribution in [2.45, 2.75) is 51.2 Å². The molecule has 0 aromatic rings. The Bertz CT molecular complexity index is 300. The minimum atomic E-state index is -0.0830. The van der Waals surface area contributed by atoms with Gasteiger partial charge in [0, 0.05) is 0 Å². The van der Waals surface area contributed by atoms with Crippen LogP contribution in [0.3, 0.4) is 0 Å². The maximum atomic E-state index is 11.6. The first kappa shape index (κ1) is 10.6. The van der Waals surface area contributed by atoms with Gasteiger partial charge >= 0.3 is 5.97 Å². The third-order valence-electron chi connectivity index (χ3n) is 4.96. The standard InChI is InChI=1S/C13H20O3/c1-2-7-6-12(16-13(7)15)10-4-9-3-8(10)5-11(9)14/h7-12,14H,2-6H2,1H3. The molecule has 90 valence electrons. The first-order chi connectivity index (χ1) is 7.69. The fourth-order valence-corrected chi connectivity index (χ4v) is 4.01. The van der Waals surface area contributed by atoms with Crippen molar-refractivity contribution < 1.29 is 14.6 Å². The summed E-state index contributed by atoms with van der Waals surface area (Å²) in [5, 5.41) is 9.72. The second kappa shape index (κ2) is 3.73. The Morgan fingerprint density at radius 2 is 2.06 bits per heavy atom. The third kappa shape index (κ3) is 1.48. The van der Waals surface area contributed by atoms with Crippen molar-refractivity contribution in [1.29, 1.82) is 0 Å². The van der Waals surface area contributed by atoms with Crippen LogP contribution in [0, 0.1) is 23.7 Å². The normalized spacial score (nSPS) is 51.0. The molecule has 0 aromatic carbocycles. The molecule has 2 bridgehead atoms. The Labute approximate surface area is 96.2 Å². The lowest BCUT2D eigenvalue weighted by atomic mass is 9.81. The number of fused-ring (bicyclic) bond motifs is 2. The predicted octanol–water partition coefficient (Wildman–Crippen LogP) is 1.74. The third-order valence-corrected chi connectivity index (χ3v) is 4.96. The van der Waals surface area contributed by atoms with E-state index in [1.54, 1.807) is 0 Å². The highest BCUT2D eigenvalue weighted by atomic mass is 16.6. The van der Waals surface area contributed by atoms with Gasteiger partial charge in [0.25, 0.3) is 0 Å². The van der Waals surface area contributed by atoms with Crippen LogP contribution < -0.4 is 0 Å². The van der Waals surface area contributed by atoms with Crippen molar-refractivity contribution in [3.63, 3.8) is 0 Å². The van der Waals surface area contributed by atoms with Crippen LogP contribution >= 0.6 is 0 Å². The zero-order valence-electron chi connectivity index (χ0n) is 9.76. The number of aliphatic hydroxyl groups is 1. The summed E-state index contributed by atoms with van der Waals surface area (Å²) < 4.78 is 5.52. The van der Waals surface area contributed by atoms with E-state index in [1.165, 1.54) is 0 Å². The summed E-state index contributed by atoms with van der Waals surface area (Å²) in [7, 11) is 0. The number of aliphatic hydroxyl groups excluding tert-OH is 1. The predicted molar refractivity (Wildman–Crippen MR) is 58.6 cm³/mol.